The Hall–Kier alpha value is -1.42. The maximum atomic E-state index is 11.2. The molecule has 0 aliphatic rings. The molecule has 16 heavy (non-hydrogen) atoms. The van der Waals surface area contributed by atoms with Gasteiger partial charge in [0.2, 0.25) is 0 Å². The van der Waals surface area contributed by atoms with Crippen molar-refractivity contribution < 1.29 is 9.53 Å². The first-order valence-corrected chi connectivity index (χ1v) is 5.41. The Morgan fingerprint density at radius 2 is 2.31 bits per heavy atom. The Morgan fingerprint density at radius 1 is 1.56 bits per heavy atom. The number of carbonyl (C=O) groups is 1. The molecule has 0 aliphatic carbocycles. The Bertz CT molecular complexity index is 353. The standard InChI is InChI=1S/C12H18N2O2/c1-4-16-8-7-14(3)12-9-11(10(2)15)5-6-13-12/h5-6,9H,4,7-8H2,1-3H3. The lowest BCUT2D eigenvalue weighted by Crippen LogP contribution is -2.23. The molecule has 0 unspecified atom stereocenters. The Labute approximate surface area is 96.2 Å². The highest BCUT2D eigenvalue weighted by molar-refractivity contribution is 5.94. The van der Waals surface area contributed by atoms with E-state index in [9.17, 15) is 4.79 Å². The largest absolute Gasteiger partial charge is 0.380 e. The fourth-order valence-corrected chi connectivity index (χ4v) is 1.31. The minimum absolute atomic E-state index is 0.0573. The van der Waals surface area contributed by atoms with E-state index in [1.807, 2.05) is 18.9 Å². The molecule has 0 aliphatic heterocycles. The summed E-state index contributed by atoms with van der Waals surface area (Å²) in [5.74, 6) is 0.856. The first-order valence-electron chi connectivity index (χ1n) is 5.41. The molecule has 0 bridgehead atoms. The molecule has 0 saturated carbocycles. The molecular weight excluding hydrogens is 204 g/mol. The average molecular weight is 222 g/mol. The molecule has 0 spiro atoms. The molecule has 0 radical (unpaired) electrons. The number of anilines is 1. The van der Waals surface area contributed by atoms with Crippen molar-refractivity contribution in [2.45, 2.75) is 13.8 Å². The summed E-state index contributed by atoms with van der Waals surface area (Å²) in [5.41, 5.74) is 0.688. The van der Waals surface area contributed by atoms with E-state index >= 15 is 0 Å². The molecule has 88 valence electrons. The third-order valence-electron chi connectivity index (χ3n) is 2.32. The maximum Gasteiger partial charge on any atom is 0.159 e. The van der Waals surface area contributed by atoms with Gasteiger partial charge in [-0.15, -0.1) is 0 Å². The van der Waals surface area contributed by atoms with Crippen LogP contribution in [0.2, 0.25) is 0 Å². The van der Waals surface area contributed by atoms with Crippen LogP contribution in [-0.2, 0) is 4.74 Å². The number of nitrogens with zero attached hydrogens (tertiary/aromatic N) is 2. The van der Waals surface area contributed by atoms with Crippen molar-refractivity contribution in [3.05, 3.63) is 23.9 Å². The normalized spacial score (nSPS) is 10.2. The second-order valence-corrected chi connectivity index (χ2v) is 3.58. The zero-order valence-corrected chi connectivity index (χ0v) is 10.1. The van der Waals surface area contributed by atoms with Crippen LogP contribution in [0.3, 0.4) is 0 Å². The Kier molecular flexibility index (Phi) is 4.92. The minimum atomic E-state index is 0.0573. The second-order valence-electron chi connectivity index (χ2n) is 3.58. The van der Waals surface area contributed by atoms with E-state index in [0.29, 0.717) is 12.2 Å². The van der Waals surface area contributed by atoms with Gasteiger partial charge >= 0.3 is 0 Å². The number of ketones is 1. The molecule has 0 N–H and O–H groups in total. The summed E-state index contributed by atoms with van der Waals surface area (Å²) in [6, 6.07) is 3.52. The lowest BCUT2D eigenvalue weighted by atomic mass is 10.2. The number of likely N-dealkylation sites (N-methyl/N-ethyl adjacent to an activating group) is 1. The third-order valence-corrected chi connectivity index (χ3v) is 2.32. The molecule has 0 fully saturated rings. The van der Waals surface area contributed by atoms with Crippen LogP contribution in [0.15, 0.2) is 18.3 Å². The zero-order chi connectivity index (χ0) is 12.0. The van der Waals surface area contributed by atoms with E-state index in [4.69, 9.17) is 4.74 Å². The molecule has 0 atom stereocenters. The van der Waals surface area contributed by atoms with Gasteiger partial charge in [-0.05, 0) is 26.0 Å². The van der Waals surface area contributed by atoms with Crippen LogP contribution in [0.1, 0.15) is 24.2 Å². The first kappa shape index (κ1) is 12.6. The van der Waals surface area contributed by atoms with Gasteiger partial charge in [-0.25, -0.2) is 4.98 Å². The zero-order valence-electron chi connectivity index (χ0n) is 10.1. The number of hydrogen-bond acceptors (Lipinski definition) is 4. The summed E-state index contributed by atoms with van der Waals surface area (Å²) in [4.78, 5) is 17.4. The number of Topliss-reactive ketones (excluding diaryl/α,β-unsaturated/α-hetero) is 1. The average Bonchev–Trinajstić information content (AvgIpc) is 2.29. The van der Waals surface area contributed by atoms with Crippen LogP contribution in [0.4, 0.5) is 5.82 Å². The fourth-order valence-electron chi connectivity index (χ4n) is 1.31. The molecule has 4 nitrogen and oxygen atoms in total. The van der Waals surface area contributed by atoms with Crippen LogP contribution < -0.4 is 4.90 Å². The van der Waals surface area contributed by atoms with Gasteiger partial charge in [-0.3, -0.25) is 4.79 Å². The van der Waals surface area contributed by atoms with E-state index in [2.05, 4.69) is 4.98 Å². The van der Waals surface area contributed by atoms with Gasteiger partial charge in [0.25, 0.3) is 0 Å². The van der Waals surface area contributed by atoms with Crippen LogP contribution in [0.25, 0.3) is 0 Å². The third kappa shape index (κ3) is 3.62. The lowest BCUT2D eigenvalue weighted by molar-refractivity contribution is 0.101. The summed E-state index contributed by atoms with van der Waals surface area (Å²) >= 11 is 0. The molecule has 1 aromatic rings. The van der Waals surface area contributed by atoms with Crippen LogP contribution in [0, 0.1) is 0 Å². The highest BCUT2D eigenvalue weighted by atomic mass is 16.5. The quantitative estimate of drug-likeness (QED) is 0.543. The predicted octanol–water partition coefficient (Wildman–Crippen LogP) is 1.76. The highest BCUT2D eigenvalue weighted by Gasteiger charge is 2.05. The van der Waals surface area contributed by atoms with Crippen molar-refractivity contribution in [3.63, 3.8) is 0 Å². The number of ether oxygens (including phenoxy) is 1. The number of hydrogen-bond donors (Lipinski definition) is 0. The van der Waals surface area contributed by atoms with Gasteiger partial charge < -0.3 is 9.64 Å². The molecule has 1 heterocycles. The SMILES string of the molecule is CCOCCN(C)c1cc(C(C)=O)ccn1. The molecular formula is C12H18N2O2. The summed E-state index contributed by atoms with van der Waals surface area (Å²) in [6.07, 6.45) is 1.66. The molecule has 0 aromatic carbocycles. The van der Waals surface area contributed by atoms with Crippen molar-refractivity contribution in [1.29, 1.82) is 0 Å². The molecule has 0 saturated heterocycles. The second kappa shape index (κ2) is 6.23. The van der Waals surface area contributed by atoms with Gasteiger partial charge in [-0.2, -0.15) is 0 Å². The lowest BCUT2D eigenvalue weighted by Gasteiger charge is -2.18. The summed E-state index contributed by atoms with van der Waals surface area (Å²) in [6.45, 7) is 5.67. The predicted molar refractivity (Wildman–Crippen MR) is 64.0 cm³/mol. The van der Waals surface area contributed by atoms with E-state index in [1.54, 1.807) is 25.3 Å². The summed E-state index contributed by atoms with van der Waals surface area (Å²) < 4.78 is 5.27. The fraction of sp³-hybridized carbons (Fsp3) is 0.500. The number of aromatic nitrogens is 1. The monoisotopic (exact) mass is 222 g/mol. The van der Waals surface area contributed by atoms with Crippen LogP contribution in [-0.4, -0.2) is 37.6 Å². The van der Waals surface area contributed by atoms with Crippen molar-refractivity contribution in [2.24, 2.45) is 0 Å². The minimum Gasteiger partial charge on any atom is -0.380 e. The maximum absolute atomic E-state index is 11.2. The van der Waals surface area contributed by atoms with Crippen LogP contribution in [0.5, 0.6) is 0 Å². The van der Waals surface area contributed by atoms with E-state index in [0.717, 1.165) is 19.0 Å². The molecule has 1 aromatic heterocycles. The summed E-state index contributed by atoms with van der Waals surface area (Å²) in [5, 5.41) is 0. The molecule has 0 amide bonds. The van der Waals surface area contributed by atoms with Crippen molar-refractivity contribution in [3.8, 4) is 0 Å². The van der Waals surface area contributed by atoms with E-state index in [-0.39, 0.29) is 5.78 Å². The smallest absolute Gasteiger partial charge is 0.159 e. The van der Waals surface area contributed by atoms with Crippen molar-refractivity contribution in [2.75, 3.05) is 31.7 Å². The number of pyridine rings is 1. The Balaban J connectivity index is 2.64. The van der Waals surface area contributed by atoms with Crippen molar-refractivity contribution in [1.82, 2.24) is 4.98 Å². The van der Waals surface area contributed by atoms with Gasteiger partial charge in [0.15, 0.2) is 5.78 Å². The summed E-state index contributed by atoms with van der Waals surface area (Å²) in [7, 11) is 1.94. The number of rotatable bonds is 6. The number of carbonyl (C=O) groups excluding carboxylic acids is 1. The molecule has 4 heteroatoms. The van der Waals surface area contributed by atoms with Gasteiger partial charge in [-0.1, -0.05) is 0 Å². The van der Waals surface area contributed by atoms with Gasteiger partial charge in [0, 0.05) is 32.0 Å². The van der Waals surface area contributed by atoms with Gasteiger partial charge in [0.05, 0.1) is 6.61 Å². The van der Waals surface area contributed by atoms with Crippen LogP contribution >= 0.6 is 0 Å². The highest BCUT2D eigenvalue weighted by Crippen LogP contribution is 2.11. The van der Waals surface area contributed by atoms with E-state index in [1.165, 1.54) is 0 Å². The van der Waals surface area contributed by atoms with E-state index < -0.39 is 0 Å². The Morgan fingerprint density at radius 3 is 2.94 bits per heavy atom. The topological polar surface area (TPSA) is 42.4 Å². The first-order chi connectivity index (χ1) is 7.65. The van der Waals surface area contributed by atoms with Crippen molar-refractivity contribution >= 4 is 11.6 Å². The molecule has 1 rings (SSSR count). The van der Waals surface area contributed by atoms with Gasteiger partial charge in [0.1, 0.15) is 5.82 Å².